The van der Waals surface area contributed by atoms with Gasteiger partial charge in [0.15, 0.2) is 5.16 Å². The second-order valence-electron chi connectivity index (χ2n) is 9.30. The van der Waals surface area contributed by atoms with E-state index < -0.39 is 0 Å². The number of pyridine rings is 1. The van der Waals surface area contributed by atoms with Crippen LogP contribution in [0, 0.1) is 11.7 Å². The fraction of sp³-hybridized carbons (Fsp3) is 0.321. The number of imidazole rings is 1. The van der Waals surface area contributed by atoms with Crippen LogP contribution < -0.4 is 5.32 Å². The first-order valence-electron chi connectivity index (χ1n) is 12.1. The van der Waals surface area contributed by atoms with Crippen LogP contribution in [0.1, 0.15) is 54.1 Å². The van der Waals surface area contributed by atoms with Crippen molar-refractivity contribution in [3.05, 3.63) is 89.5 Å². The minimum absolute atomic E-state index is 0.0107. The first kappa shape index (κ1) is 23.5. The number of carbonyl (C=O) groups is 1. The van der Waals surface area contributed by atoms with E-state index in [-0.39, 0.29) is 17.8 Å². The highest BCUT2D eigenvalue weighted by Crippen LogP contribution is 2.28. The van der Waals surface area contributed by atoms with Crippen LogP contribution in [0.3, 0.4) is 0 Å². The summed E-state index contributed by atoms with van der Waals surface area (Å²) in [4.78, 5) is 21.8. The quantitative estimate of drug-likeness (QED) is 0.314. The van der Waals surface area contributed by atoms with Gasteiger partial charge in [0, 0.05) is 23.6 Å². The number of benzene rings is 2. The van der Waals surface area contributed by atoms with E-state index in [1.165, 1.54) is 31.4 Å². The Bertz CT molecular complexity index is 1300. The zero-order chi connectivity index (χ0) is 24.2. The highest BCUT2D eigenvalue weighted by Gasteiger charge is 2.23. The molecular formula is C28H29FN4OS. The van der Waals surface area contributed by atoms with Gasteiger partial charge in [-0.1, -0.05) is 55.8 Å². The monoisotopic (exact) mass is 488 g/mol. The minimum atomic E-state index is -0.245. The molecule has 2 heterocycles. The molecule has 1 saturated carbocycles. The third-order valence-corrected chi connectivity index (χ3v) is 7.83. The Kier molecular flexibility index (Phi) is 7.13. The van der Waals surface area contributed by atoms with Crippen molar-refractivity contribution in [2.75, 3.05) is 0 Å². The van der Waals surface area contributed by atoms with E-state index >= 15 is 0 Å². The number of carbonyl (C=O) groups excluding carboxylic acids is 1. The molecular weight excluding hydrogens is 459 g/mol. The molecule has 1 aliphatic carbocycles. The Morgan fingerprint density at radius 2 is 1.80 bits per heavy atom. The van der Waals surface area contributed by atoms with Gasteiger partial charge < -0.3 is 9.88 Å². The van der Waals surface area contributed by atoms with Crippen LogP contribution in [0.5, 0.6) is 0 Å². The Labute approximate surface area is 209 Å². The molecule has 1 amide bonds. The van der Waals surface area contributed by atoms with Crippen LogP contribution in [0.25, 0.3) is 11.0 Å². The Balaban J connectivity index is 1.27. The van der Waals surface area contributed by atoms with Gasteiger partial charge in [0.05, 0.1) is 23.8 Å². The molecule has 35 heavy (non-hydrogen) atoms. The lowest BCUT2D eigenvalue weighted by Crippen LogP contribution is -2.41. The summed E-state index contributed by atoms with van der Waals surface area (Å²) in [6.07, 6.45) is 8.25. The average Bonchev–Trinajstić information content (AvgIpc) is 3.23. The molecule has 0 unspecified atom stereocenters. The maximum atomic E-state index is 13.4. The van der Waals surface area contributed by atoms with E-state index in [4.69, 9.17) is 4.98 Å². The maximum absolute atomic E-state index is 13.4. The number of fused-ring (bicyclic) bond motifs is 1. The number of halogens is 1. The summed E-state index contributed by atoms with van der Waals surface area (Å²) in [5, 5.41) is 4.10. The van der Waals surface area contributed by atoms with E-state index in [1.807, 2.05) is 36.5 Å². The molecule has 0 bridgehead atoms. The highest BCUT2D eigenvalue weighted by molar-refractivity contribution is 7.98. The minimum Gasteiger partial charge on any atom is -0.349 e. The number of hydrogen-bond acceptors (Lipinski definition) is 4. The van der Waals surface area contributed by atoms with Crippen LogP contribution in [-0.2, 0) is 12.3 Å². The molecule has 2 aromatic carbocycles. The van der Waals surface area contributed by atoms with Gasteiger partial charge in [-0.2, -0.15) is 0 Å². The van der Waals surface area contributed by atoms with Crippen LogP contribution >= 0.6 is 11.8 Å². The van der Waals surface area contributed by atoms with Gasteiger partial charge in [0.25, 0.3) is 5.91 Å². The number of nitrogens with one attached hydrogen (secondary N) is 1. The molecule has 1 aliphatic rings. The molecule has 2 atom stereocenters. The van der Waals surface area contributed by atoms with Crippen LogP contribution in [-0.4, -0.2) is 26.5 Å². The second-order valence-corrected chi connectivity index (χ2v) is 10.2. The standard InChI is InChI=1S/C28H29FN4OS/c1-19-4-2-3-5-24(19)31-27(34)22-10-6-21(7-11-22)18-35-28-32-25-14-15-30-16-26(25)33(28)17-20-8-12-23(29)13-9-20/h6-16,19,24H,2-5,17-18H2,1H3,(H,31,34)/t19-,24+/m0/s1. The third-order valence-electron chi connectivity index (χ3n) is 6.78. The van der Waals surface area contributed by atoms with E-state index in [1.54, 1.807) is 30.1 Å². The molecule has 1 N–H and O–H groups in total. The highest BCUT2D eigenvalue weighted by atomic mass is 32.2. The van der Waals surface area contributed by atoms with E-state index in [0.717, 1.165) is 39.5 Å². The number of aromatic nitrogens is 3. The Hall–Kier alpha value is -3.19. The lowest BCUT2D eigenvalue weighted by atomic mass is 9.86. The number of rotatable bonds is 7. The number of thioether (sulfide) groups is 1. The van der Waals surface area contributed by atoms with Crippen molar-refractivity contribution >= 4 is 28.7 Å². The van der Waals surface area contributed by atoms with E-state index in [0.29, 0.717) is 18.0 Å². The zero-order valence-corrected chi connectivity index (χ0v) is 20.6. The van der Waals surface area contributed by atoms with Crippen LogP contribution in [0.4, 0.5) is 4.39 Å². The fourth-order valence-corrected chi connectivity index (χ4v) is 5.64. The van der Waals surface area contributed by atoms with Crippen molar-refractivity contribution in [2.45, 2.75) is 56.1 Å². The van der Waals surface area contributed by atoms with Gasteiger partial charge in [0.2, 0.25) is 0 Å². The SMILES string of the molecule is C[C@H]1CCCC[C@H]1NC(=O)c1ccc(CSc2nc3ccncc3n2Cc2ccc(F)cc2)cc1. The normalized spacial score (nSPS) is 18.0. The Morgan fingerprint density at radius 1 is 1.06 bits per heavy atom. The number of nitrogens with zero attached hydrogens (tertiary/aromatic N) is 3. The molecule has 1 fully saturated rings. The van der Waals surface area contributed by atoms with Gasteiger partial charge in [-0.25, -0.2) is 9.37 Å². The first-order chi connectivity index (χ1) is 17.1. The third kappa shape index (κ3) is 5.56. The second kappa shape index (κ2) is 10.6. The number of amides is 1. The smallest absolute Gasteiger partial charge is 0.251 e. The van der Waals surface area contributed by atoms with E-state index in [2.05, 4.69) is 21.8 Å². The van der Waals surface area contributed by atoms with Crippen molar-refractivity contribution in [1.82, 2.24) is 19.9 Å². The molecule has 0 radical (unpaired) electrons. The molecule has 5 rings (SSSR count). The van der Waals surface area contributed by atoms with Crippen molar-refractivity contribution in [2.24, 2.45) is 5.92 Å². The van der Waals surface area contributed by atoms with Crippen LogP contribution in [0.15, 0.2) is 72.1 Å². The molecule has 7 heteroatoms. The van der Waals surface area contributed by atoms with Gasteiger partial charge in [-0.15, -0.1) is 0 Å². The largest absolute Gasteiger partial charge is 0.349 e. The molecule has 5 nitrogen and oxygen atoms in total. The summed E-state index contributed by atoms with van der Waals surface area (Å²) in [6.45, 7) is 2.81. The molecule has 2 aromatic heterocycles. The van der Waals surface area contributed by atoms with Crippen molar-refractivity contribution < 1.29 is 9.18 Å². The summed E-state index contributed by atoms with van der Waals surface area (Å²) in [5.41, 5.74) is 4.65. The first-order valence-corrected chi connectivity index (χ1v) is 13.1. The molecule has 0 aliphatic heterocycles. The Morgan fingerprint density at radius 3 is 2.57 bits per heavy atom. The fourth-order valence-electron chi connectivity index (χ4n) is 4.67. The van der Waals surface area contributed by atoms with Gasteiger partial charge >= 0.3 is 0 Å². The van der Waals surface area contributed by atoms with Crippen LogP contribution in [0.2, 0.25) is 0 Å². The molecule has 0 spiro atoms. The predicted octanol–water partition coefficient (Wildman–Crippen LogP) is 6.22. The van der Waals surface area contributed by atoms with Gasteiger partial charge in [-0.05, 0) is 60.2 Å². The van der Waals surface area contributed by atoms with E-state index in [9.17, 15) is 9.18 Å². The summed E-state index contributed by atoms with van der Waals surface area (Å²) in [7, 11) is 0. The zero-order valence-electron chi connectivity index (χ0n) is 19.8. The average molecular weight is 489 g/mol. The number of hydrogen-bond donors (Lipinski definition) is 1. The molecule has 4 aromatic rings. The lowest BCUT2D eigenvalue weighted by molar-refractivity contribution is 0.0910. The summed E-state index contributed by atoms with van der Waals surface area (Å²) in [6, 6.07) is 16.6. The molecule has 0 saturated heterocycles. The summed E-state index contributed by atoms with van der Waals surface area (Å²) < 4.78 is 15.5. The maximum Gasteiger partial charge on any atom is 0.251 e. The van der Waals surface area contributed by atoms with Gasteiger partial charge in [0.1, 0.15) is 5.82 Å². The van der Waals surface area contributed by atoms with Crippen molar-refractivity contribution in [3.8, 4) is 0 Å². The predicted molar refractivity (Wildman–Crippen MR) is 138 cm³/mol. The van der Waals surface area contributed by atoms with Crippen molar-refractivity contribution in [1.29, 1.82) is 0 Å². The van der Waals surface area contributed by atoms with Gasteiger partial charge in [-0.3, -0.25) is 9.78 Å². The summed E-state index contributed by atoms with van der Waals surface area (Å²) >= 11 is 1.64. The summed E-state index contributed by atoms with van der Waals surface area (Å²) in [5.74, 6) is 1.03. The molecule has 180 valence electrons. The lowest BCUT2D eigenvalue weighted by Gasteiger charge is -2.29. The topological polar surface area (TPSA) is 59.8 Å². The van der Waals surface area contributed by atoms with Crippen molar-refractivity contribution in [3.63, 3.8) is 0 Å².